The molecule has 0 aliphatic carbocycles. The first kappa shape index (κ1) is 15.3. The van der Waals surface area contributed by atoms with Crippen LogP contribution in [0.4, 0.5) is 0 Å². The van der Waals surface area contributed by atoms with Crippen LogP contribution in [-0.2, 0) is 15.9 Å². The van der Waals surface area contributed by atoms with Gasteiger partial charge in [-0.15, -0.1) is 0 Å². The number of hydrogen-bond acceptors (Lipinski definition) is 7. The molecule has 1 aliphatic rings. The molecular formula is C10H15N2O7P. The predicted octanol–water partition coefficient (Wildman–Crippen LogP) is -1.07. The van der Waals surface area contributed by atoms with Gasteiger partial charge in [0.15, 0.2) is 0 Å². The molecular weight excluding hydrogens is 291 g/mol. The monoisotopic (exact) mass is 306 g/mol. The van der Waals surface area contributed by atoms with Crippen LogP contribution in [0.2, 0.25) is 0 Å². The maximum absolute atomic E-state index is 11.7. The number of hydrogen-bond donors (Lipinski definition) is 4. The molecule has 112 valence electrons. The number of aromatic nitrogens is 2. The molecule has 2 atom stereocenters. The molecule has 20 heavy (non-hydrogen) atoms. The topological polar surface area (TPSA) is 134 Å². The fourth-order valence-electron chi connectivity index (χ4n) is 2.02. The van der Waals surface area contributed by atoms with E-state index in [4.69, 9.17) is 19.6 Å². The predicted molar refractivity (Wildman–Crippen MR) is 67.7 cm³/mol. The molecule has 2 unspecified atom stereocenters. The third-order valence-corrected chi connectivity index (χ3v) is 3.36. The van der Waals surface area contributed by atoms with E-state index in [2.05, 4.69) is 9.51 Å². The lowest BCUT2D eigenvalue weighted by atomic mass is 10.2. The second kappa shape index (κ2) is 6.57. The van der Waals surface area contributed by atoms with Crippen molar-refractivity contribution in [2.24, 2.45) is 0 Å². The second-order valence-electron chi connectivity index (χ2n) is 4.32. The van der Waals surface area contributed by atoms with Gasteiger partial charge in [0.05, 0.1) is 24.9 Å². The number of rotatable bonds is 5. The van der Waals surface area contributed by atoms with Crippen LogP contribution in [0.15, 0.2) is 15.8 Å². The Morgan fingerprint density at radius 2 is 2.20 bits per heavy atom. The Balaban J connectivity index is 2.10. The third-order valence-electron chi connectivity index (χ3n) is 2.98. The standard InChI is InChI=1S/C10H15N2O7P/c13-4-6-3-12(10(15)11-9(6)14)8-2-1-7(19-8)5-18-20(16)17/h3,7-8,13,16-17H,1-2,4-5H2,(H,11,14,15). The first-order valence-corrected chi connectivity index (χ1v) is 7.09. The molecule has 1 aromatic heterocycles. The number of nitrogens with one attached hydrogen (secondary N) is 1. The van der Waals surface area contributed by atoms with Gasteiger partial charge in [-0.1, -0.05) is 0 Å². The molecule has 1 fully saturated rings. The van der Waals surface area contributed by atoms with Gasteiger partial charge in [-0.3, -0.25) is 14.3 Å². The van der Waals surface area contributed by atoms with E-state index in [1.165, 1.54) is 10.8 Å². The Hall–Kier alpha value is -1.09. The Bertz CT molecular complexity index is 569. The van der Waals surface area contributed by atoms with E-state index in [9.17, 15) is 9.59 Å². The van der Waals surface area contributed by atoms with Crippen molar-refractivity contribution in [3.8, 4) is 0 Å². The normalized spacial score (nSPS) is 22.6. The number of H-pyrrole nitrogens is 1. The molecule has 1 saturated heterocycles. The number of ether oxygens (including phenoxy) is 1. The maximum atomic E-state index is 11.7. The lowest BCUT2D eigenvalue weighted by Crippen LogP contribution is -2.34. The van der Waals surface area contributed by atoms with Crippen LogP contribution in [0.1, 0.15) is 24.6 Å². The van der Waals surface area contributed by atoms with Crippen molar-refractivity contribution >= 4 is 8.60 Å². The van der Waals surface area contributed by atoms with Crippen LogP contribution >= 0.6 is 8.60 Å². The minimum Gasteiger partial charge on any atom is -0.391 e. The summed E-state index contributed by atoms with van der Waals surface area (Å²) in [5.41, 5.74) is -1.18. The molecule has 1 aromatic rings. The van der Waals surface area contributed by atoms with Gasteiger partial charge < -0.3 is 24.2 Å². The summed E-state index contributed by atoms with van der Waals surface area (Å²) in [5.74, 6) is 0. The van der Waals surface area contributed by atoms with Gasteiger partial charge in [-0.2, -0.15) is 0 Å². The summed E-state index contributed by atoms with van der Waals surface area (Å²) in [5, 5.41) is 9.02. The molecule has 0 bridgehead atoms. The number of nitrogens with zero attached hydrogens (tertiary/aromatic N) is 1. The number of aliphatic hydroxyl groups is 1. The quantitative estimate of drug-likeness (QED) is 0.509. The molecule has 0 radical (unpaired) electrons. The van der Waals surface area contributed by atoms with Gasteiger partial charge in [0, 0.05) is 6.20 Å². The van der Waals surface area contributed by atoms with Crippen LogP contribution in [-0.4, -0.2) is 37.2 Å². The Labute approximate surface area is 114 Å². The average molecular weight is 306 g/mol. The van der Waals surface area contributed by atoms with E-state index in [-0.39, 0.29) is 18.3 Å². The van der Waals surface area contributed by atoms with E-state index < -0.39 is 32.7 Å². The molecule has 0 amide bonds. The summed E-state index contributed by atoms with van der Waals surface area (Å²) in [6, 6.07) is 0. The van der Waals surface area contributed by atoms with Crippen LogP contribution in [0.5, 0.6) is 0 Å². The van der Waals surface area contributed by atoms with Crippen molar-refractivity contribution in [3.05, 3.63) is 32.6 Å². The largest absolute Gasteiger partial charge is 0.391 e. The second-order valence-corrected chi connectivity index (χ2v) is 5.08. The summed E-state index contributed by atoms with van der Waals surface area (Å²) in [6.07, 6.45) is 1.41. The zero-order chi connectivity index (χ0) is 14.7. The molecule has 10 heteroatoms. The minimum absolute atomic E-state index is 0.0141. The van der Waals surface area contributed by atoms with Crippen molar-refractivity contribution in [2.45, 2.75) is 31.8 Å². The highest BCUT2D eigenvalue weighted by Gasteiger charge is 2.28. The lowest BCUT2D eigenvalue weighted by Gasteiger charge is -2.16. The molecule has 2 heterocycles. The average Bonchev–Trinajstić information content (AvgIpc) is 2.85. The summed E-state index contributed by atoms with van der Waals surface area (Å²) >= 11 is 0. The molecule has 0 aromatic carbocycles. The van der Waals surface area contributed by atoms with Gasteiger partial charge in [-0.25, -0.2) is 4.79 Å². The molecule has 1 aliphatic heterocycles. The molecule has 2 rings (SSSR count). The molecule has 0 saturated carbocycles. The van der Waals surface area contributed by atoms with Crippen molar-refractivity contribution in [3.63, 3.8) is 0 Å². The summed E-state index contributed by atoms with van der Waals surface area (Å²) in [7, 11) is -2.43. The fourth-order valence-corrected chi connectivity index (χ4v) is 2.32. The van der Waals surface area contributed by atoms with E-state index in [1.54, 1.807) is 0 Å². The third kappa shape index (κ3) is 3.51. The summed E-state index contributed by atoms with van der Waals surface area (Å²) in [4.78, 5) is 42.5. The van der Waals surface area contributed by atoms with E-state index in [1.807, 2.05) is 0 Å². The first-order chi connectivity index (χ1) is 9.51. The minimum atomic E-state index is -2.43. The van der Waals surface area contributed by atoms with Crippen LogP contribution in [0, 0.1) is 0 Å². The van der Waals surface area contributed by atoms with Crippen molar-refractivity contribution in [1.29, 1.82) is 0 Å². The van der Waals surface area contributed by atoms with Crippen LogP contribution in [0.3, 0.4) is 0 Å². The van der Waals surface area contributed by atoms with Gasteiger partial charge in [0.1, 0.15) is 6.23 Å². The molecule has 4 N–H and O–H groups in total. The van der Waals surface area contributed by atoms with E-state index >= 15 is 0 Å². The van der Waals surface area contributed by atoms with Gasteiger partial charge in [0.25, 0.3) is 5.56 Å². The van der Waals surface area contributed by atoms with E-state index in [0.29, 0.717) is 12.8 Å². The van der Waals surface area contributed by atoms with Gasteiger partial charge >= 0.3 is 14.3 Å². The highest BCUT2D eigenvalue weighted by molar-refractivity contribution is 7.39. The number of aromatic amines is 1. The van der Waals surface area contributed by atoms with Gasteiger partial charge in [0.2, 0.25) is 0 Å². The van der Waals surface area contributed by atoms with Crippen molar-refractivity contribution < 1.29 is 24.2 Å². The van der Waals surface area contributed by atoms with Gasteiger partial charge in [-0.05, 0) is 12.8 Å². The molecule has 9 nitrogen and oxygen atoms in total. The van der Waals surface area contributed by atoms with Crippen LogP contribution in [0.25, 0.3) is 0 Å². The highest BCUT2D eigenvalue weighted by atomic mass is 31.2. The smallest absolute Gasteiger partial charge is 0.330 e. The highest BCUT2D eigenvalue weighted by Crippen LogP contribution is 2.31. The van der Waals surface area contributed by atoms with Crippen molar-refractivity contribution in [2.75, 3.05) is 6.61 Å². The van der Waals surface area contributed by atoms with Crippen LogP contribution < -0.4 is 11.2 Å². The Kier molecular flexibility index (Phi) is 5.03. The molecule has 0 spiro atoms. The maximum Gasteiger partial charge on any atom is 0.330 e. The zero-order valence-electron chi connectivity index (χ0n) is 10.4. The zero-order valence-corrected chi connectivity index (χ0v) is 11.3. The Morgan fingerprint density at radius 3 is 2.85 bits per heavy atom. The first-order valence-electron chi connectivity index (χ1n) is 5.92. The number of aliphatic hydroxyl groups excluding tert-OH is 1. The summed E-state index contributed by atoms with van der Waals surface area (Å²) in [6.45, 7) is -0.464. The van der Waals surface area contributed by atoms with E-state index in [0.717, 1.165) is 0 Å². The fraction of sp³-hybridized carbons (Fsp3) is 0.600. The lowest BCUT2D eigenvalue weighted by molar-refractivity contribution is -0.0218. The van der Waals surface area contributed by atoms with Crippen molar-refractivity contribution in [1.82, 2.24) is 9.55 Å². The SMILES string of the molecule is O=c1[nH]c(=O)n(C2CCC(COP(O)O)O2)cc1CO. The summed E-state index contributed by atoms with van der Waals surface area (Å²) < 4.78 is 11.4. The Morgan fingerprint density at radius 1 is 1.45 bits per heavy atom.